The molecular formula is C21H19N7. The Hall–Kier alpha value is -3.79. The highest BCUT2D eigenvalue weighted by Gasteiger charge is 2.22. The average Bonchev–Trinajstić information content (AvgIpc) is 3.15. The third kappa shape index (κ3) is 3.67. The van der Waals surface area contributed by atoms with Gasteiger partial charge in [0, 0.05) is 25.1 Å². The lowest BCUT2D eigenvalue weighted by Crippen LogP contribution is -2.12. The summed E-state index contributed by atoms with van der Waals surface area (Å²) in [6.45, 7) is 2.58. The highest BCUT2D eigenvalue weighted by atomic mass is 15.1. The van der Waals surface area contributed by atoms with E-state index in [1.54, 1.807) is 12.4 Å². The summed E-state index contributed by atoms with van der Waals surface area (Å²) in [7, 11) is 0. The van der Waals surface area contributed by atoms with Crippen LogP contribution < -0.4 is 5.32 Å². The first-order valence-corrected chi connectivity index (χ1v) is 9.05. The number of benzene rings is 1. The number of aryl methyl sites for hydroxylation is 1. The Morgan fingerprint density at radius 1 is 1.14 bits per heavy atom. The molecule has 0 spiro atoms. The second kappa shape index (κ2) is 7.84. The number of imidazole rings is 1. The molecule has 0 fully saturated rings. The van der Waals surface area contributed by atoms with Gasteiger partial charge >= 0.3 is 0 Å². The molecule has 7 heteroatoms. The van der Waals surface area contributed by atoms with E-state index in [1.807, 2.05) is 49.5 Å². The number of nitrogens with zero attached hydrogens (tertiary/aromatic N) is 5. The zero-order valence-corrected chi connectivity index (χ0v) is 15.4. The smallest absolute Gasteiger partial charge is 0.222 e. The van der Waals surface area contributed by atoms with Crippen LogP contribution in [0.25, 0.3) is 11.0 Å². The van der Waals surface area contributed by atoms with E-state index in [1.165, 1.54) is 0 Å². The molecule has 4 rings (SSSR count). The molecular weight excluding hydrogens is 350 g/mol. The average molecular weight is 369 g/mol. The minimum Gasteiger partial charge on any atom is -0.354 e. The number of hydrogen-bond donors (Lipinski definition) is 2. The van der Waals surface area contributed by atoms with Crippen molar-refractivity contribution < 1.29 is 0 Å². The van der Waals surface area contributed by atoms with Crippen LogP contribution in [0, 0.1) is 18.3 Å². The minimum atomic E-state index is -0.589. The van der Waals surface area contributed by atoms with Gasteiger partial charge in [0.05, 0.1) is 22.8 Å². The van der Waals surface area contributed by atoms with Crippen molar-refractivity contribution in [3.8, 4) is 6.07 Å². The van der Waals surface area contributed by atoms with Gasteiger partial charge in [-0.15, -0.1) is 0 Å². The number of aromatic nitrogens is 5. The van der Waals surface area contributed by atoms with E-state index in [9.17, 15) is 5.26 Å². The van der Waals surface area contributed by atoms with Crippen molar-refractivity contribution in [2.75, 3.05) is 11.9 Å². The molecule has 7 nitrogen and oxygen atoms in total. The van der Waals surface area contributed by atoms with E-state index >= 15 is 0 Å². The van der Waals surface area contributed by atoms with E-state index < -0.39 is 5.92 Å². The summed E-state index contributed by atoms with van der Waals surface area (Å²) in [5.74, 6) is 0.502. The molecule has 0 amide bonds. The molecule has 0 saturated heterocycles. The summed E-state index contributed by atoms with van der Waals surface area (Å²) in [5, 5.41) is 13.0. The number of para-hydroxylation sites is 2. The molecule has 1 aromatic carbocycles. The van der Waals surface area contributed by atoms with Crippen LogP contribution in [0.5, 0.6) is 0 Å². The minimum absolute atomic E-state index is 0.501. The number of nitrogens with one attached hydrogen (secondary N) is 2. The molecule has 0 aliphatic rings. The van der Waals surface area contributed by atoms with E-state index in [4.69, 9.17) is 0 Å². The number of rotatable bonds is 6. The fourth-order valence-corrected chi connectivity index (χ4v) is 3.06. The number of pyridine rings is 1. The predicted octanol–water partition coefficient (Wildman–Crippen LogP) is 3.37. The second-order valence-corrected chi connectivity index (χ2v) is 6.50. The summed E-state index contributed by atoms with van der Waals surface area (Å²) in [6.07, 6.45) is 6.15. The number of fused-ring (bicyclic) bond motifs is 1. The zero-order chi connectivity index (χ0) is 19.3. The van der Waals surface area contributed by atoms with Crippen LogP contribution in [-0.4, -0.2) is 31.5 Å². The van der Waals surface area contributed by atoms with Crippen LogP contribution in [0.3, 0.4) is 0 Å². The Labute approximate surface area is 162 Å². The maximum absolute atomic E-state index is 9.80. The number of aromatic amines is 1. The Morgan fingerprint density at radius 2 is 2.04 bits per heavy atom. The first kappa shape index (κ1) is 17.6. The molecule has 3 heterocycles. The van der Waals surface area contributed by atoms with Gasteiger partial charge in [-0.1, -0.05) is 18.2 Å². The Balaban J connectivity index is 1.56. The molecule has 0 aliphatic carbocycles. The van der Waals surface area contributed by atoms with Gasteiger partial charge in [0.2, 0.25) is 5.95 Å². The van der Waals surface area contributed by atoms with Gasteiger partial charge in [-0.3, -0.25) is 4.98 Å². The lowest BCUT2D eigenvalue weighted by molar-refractivity contribution is 0.861. The van der Waals surface area contributed by atoms with Crippen molar-refractivity contribution in [3.05, 3.63) is 77.6 Å². The maximum Gasteiger partial charge on any atom is 0.222 e. The standard InChI is InChI=1S/C21H19N7/c1-14-12-25-21(24-10-8-15-5-4-9-23-13-15)28-19(14)16(11-22)20-26-17-6-2-3-7-18(17)27-20/h2-7,9,12-13,16H,8,10H2,1H3,(H,26,27)(H,24,25,28). The first-order chi connectivity index (χ1) is 13.7. The molecule has 0 radical (unpaired) electrons. The summed E-state index contributed by atoms with van der Waals surface area (Å²) >= 11 is 0. The third-order valence-corrected chi connectivity index (χ3v) is 4.51. The Bertz CT molecular complexity index is 1100. The molecule has 0 saturated carbocycles. The first-order valence-electron chi connectivity index (χ1n) is 9.05. The monoisotopic (exact) mass is 369 g/mol. The van der Waals surface area contributed by atoms with Gasteiger partial charge in [-0.25, -0.2) is 15.0 Å². The molecule has 3 aromatic heterocycles. The number of nitriles is 1. The third-order valence-electron chi connectivity index (χ3n) is 4.51. The van der Waals surface area contributed by atoms with Gasteiger partial charge in [0.25, 0.3) is 0 Å². The Kier molecular flexibility index (Phi) is 4.93. The van der Waals surface area contributed by atoms with Crippen molar-refractivity contribution in [1.82, 2.24) is 24.9 Å². The van der Waals surface area contributed by atoms with E-state index in [2.05, 4.69) is 36.3 Å². The quantitative estimate of drug-likeness (QED) is 0.540. The highest BCUT2D eigenvalue weighted by molar-refractivity contribution is 5.75. The zero-order valence-electron chi connectivity index (χ0n) is 15.4. The summed E-state index contributed by atoms with van der Waals surface area (Å²) in [6, 6.07) is 14.0. The van der Waals surface area contributed by atoms with Crippen molar-refractivity contribution in [2.45, 2.75) is 19.3 Å². The molecule has 4 aromatic rings. The van der Waals surface area contributed by atoms with E-state index in [0.29, 0.717) is 24.0 Å². The lowest BCUT2D eigenvalue weighted by atomic mass is 10.0. The number of hydrogen-bond acceptors (Lipinski definition) is 6. The van der Waals surface area contributed by atoms with Gasteiger partial charge in [-0.2, -0.15) is 5.26 Å². The second-order valence-electron chi connectivity index (χ2n) is 6.50. The highest BCUT2D eigenvalue weighted by Crippen LogP contribution is 2.25. The largest absolute Gasteiger partial charge is 0.354 e. The summed E-state index contributed by atoms with van der Waals surface area (Å²) in [4.78, 5) is 20.9. The van der Waals surface area contributed by atoms with Gasteiger partial charge in [0.15, 0.2) is 0 Å². The van der Waals surface area contributed by atoms with Gasteiger partial charge in [-0.05, 0) is 42.7 Å². The molecule has 138 valence electrons. The van der Waals surface area contributed by atoms with Crippen LogP contribution >= 0.6 is 0 Å². The van der Waals surface area contributed by atoms with Crippen molar-refractivity contribution in [3.63, 3.8) is 0 Å². The lowest BCUT2D eigenvalue weighted by Gasteiger charge is -2.11. The van der Waals surface area contributed by atoms with Crippen LogP contribution in [0.2, 0.25) is 0 Å². The maximum atomic E-state index is 9.80. The molecule has 2 N–H and O–H groups in total. The van der Waals surface area contributed by atoms with Crippen LogP contribution in [0.1, 0.15) is 28.6 Å². The fourth-order valence-electron chi connectivity index (χ4n) is 3.06. The predicted molar refractivity (Wildman–Crippen MR) is 107 cm³/mol. The van der Waals surface area contributed by atoms with Crippen LogP contribution in [-0.2, 0) is 6.42 Å². The van der Waals surface area contributed by atoms with Crippen molar-refractivity contribution >= 4 is 17.0 Å². The topological polar surface area (TPSA) is 103 Å². The van der Waals surface area contributed by atoms with Crippen LogP contribution in [0.15, 0.2) is 55.0 Å². The number of H-pyrrole nitrogens is 1. The molecule has 1 atom stereocenters. The van der Waals surface area contributed by atoms with Gasteiger partial charge in [0.1, 0.15) is 11.7 Å². The fraction of sp³-hybridized carbons (Fsp3) is 0.190. The molecule has 0 aliphatic heterocycles. The molecule has 28 heavy (non-hydrogen) atoms. The Morgan fingerprint density at radius 3 is 2.82 bits per heavy atom. The SMILES string of the molecule is Cc1cnc(NCCc2cccnc2)nc1C(C#N)c1nc2ccccc2[nH]1. The van der Waals surface area contributed by atoms with Gasteiger partial charge < -0.3 is 10.3 Å². The normalized spacial score (nSPS) is 11.9. The van der Waals surface area contributed by atoms with Crippen molar-refractivity contribution in [1.29, 1.82) is 5.26 Å². The molecule has 0 bridgehead atoms. The van der Waals surface area contributed by atoms with E-state index in [0.717, 1.165) is 28.6 Å². The van der Waals surface area contributed by atoms with E-state index in [-0.39, 0.29) is 0 Å². The van der Waals surface area contributed by atoms with Crippen molar-refractivity contribution in [2.24, 2.45) is 0 Å². The summed E-state index contributed by atoms with van der Waals surface area (Å²) < 4.78 is 0. The summed E-state index contributed by atoms with van der Waals surface area (Å²) in [5.41, 5.74) is 4.38. The molecule has 1 unspecified atom stereocenters. The number of anilines is 1. The van der Waals surface area contributed by atoms with Crippen LogP contribution in [0.4, 0.5) is 5.95 Å².